The van der Waals surface area contributed by atoms with Crippen LogP contribution in [0.3, 0.4) is 0 Å². The molecule has 2 atom stereocenters. The number of benzene rings is 1. The van der Waals surface area contributed by atoms with Gasteiger partial charge in [0.2, 0.25) is 0 Å². The van der Waals surface area contributed by atoms with Crippen molar-refractivity contribution in [1.82, 2.24) is 14.8 Å². The third kappa shape index (κ3) is 3.82. The molecule has 6 heteroatoms. The molecule has 1 unspecified atom stereocenters. The summed E-state index contributed by atoms with van der Waals surface area (Å²) in [4.78, 5) is 4.48. The highest BCUT2D eigenvalue weighted by molar-refractivity contribution is 5.66. The van der Waals surface area contributed by atoms with Crippen LogP contribution in [0.25, 0.3) is 16.9 Å². The van der Waals surface area contributed by atoms with Crippen molar-refractivity contribution in [1.29, 1.82) is 0 Å². The summed E-state index contributed by atoms with van der Waals surface area (Å²) in [6.07, 6.45) is 0.653. The first kappa shape index (κ1) is 19.7. The first-order valence-corrected chi connectivity index (χ1v) is 9.99. The number of hydrogen-bond donors (Lipinski definition) is 1. The van der Waals surface area contributed by atoms with E-state index in [1.165, 1.54) is 6.07 Å². The van der Waals surface area contributed by atoms with E-state index in [2.05, 4.69) is 11.9 Å². The van der Waals surface area contributed by atoms with E-state index >= 15 is 0 Å². The SMILES string of the molecule is Cc1cc(-c2nn(-c3ccc(F)c(C(C)O)c3)c3c2CCO[C@H](C)C3)cc(C)n1. The summed E-state index contributed by atoms with van der Waals surface area (Å²) in [7, 11) is 0. The average Bonchev–Trinajstić information content (AvgIpc) is 2.88. The number of nitrogens with zero attached hydrogens (tertiary/aromatic N) is 3. The fraction of sp³-hybridized carbons (Fsp3) is 0.391. The molecule has 2 aromatic heterocycles. The van der Waals surface area contributed by atoms with E-state index in [9.17, 15) is 9.50 Å². The molecule has 4 rings (SSSR count). The molecule has 3 heterocycles. The lowest BCUT2D eigenvalue weighted by molar-refractivity contribution is 0.0735. The second kappa shape index (κ2) is 7.69. The zero-order chi connectivity index (χ0) is 20.7. The Balaban J connectivity index is 1.93. The number of rotatable bonds is 3. The Labute approximate surface area is 170 Å². The molecule has 0 radical (unpaired) electrons. The molecule has 5 nitrogen and oxygen atoms in total. The third-order valence-electron chi connectivity index (χ3n) is 5.35. The lowest BCUT2D eigenvalue weighted by Gasteiger charge is -2.13. The van der Waals surface area contributed by atoms with Crippen molar-refractivity contribution in [2.75, 3.05) is 6.61 Å². The maximum atomic E-state index is 14.1. The monoisotopic (exact) mass is 395 g/mol. The van der Waals surface area contributed by atoms with Crippen molar-refractivity contribution in [2.45, 2.75) is 52.7 Å². The van der Waals surface area contributed by atoms with Crippen LogP contribution in [-0.2, 0) is 17.6 Å². The molecule has 0 saturated carbocycles. The average molecular weight is 395 g/mol. The van der Waals surface area contributed by atoms with Crippen LogP contribution in [-0.4, -0.2) is 32.6 Å². The zero-order valence-electron chi connectivity index (χ0n) is 17.2. The molecule has 0 bridgehead atoms. The lowest BCUT2D eigenvalue weighted by Crippen LogP contribution is -2.13. The third-order valence-corrected chi connectivity index (χ3v) is 5.35. The van der Waals surface area contributed by atoms with Gasteiger partial charge in [-0.05, 0) is 64.4 Å². The highest BCUT2D eigenvalue weighted by Crippen LogP contribution is 2.32. The molecule has 1 aliphatic rings. The number of hydrogen-bond acceptors (Lipinski definition) is 4. The summed E-state index contributed by atoms with van der Waals surface area (Å²) in [6.45, 7) is 8.21. The van der Waals surface area contributed by atoms with Crippen molar-refractivity contribution in [3.8, 4) is 16.9 Å². The predicted molar refractivity (Wildman–Crippen MR) is 110 cm³/mol. The van der Waals surface area contributed by atoms with E-state index in [-0.39, 0.29) is 11.7 Å². The van der Waals surface area contributed by atoms with Gasteiger partial charge in [-0.25, -0.2) is 9.07 Å². The highest BCUT2D eigenvalue weighted by atomic mass is 19.1. The maximum absolute atomic E-state index is 14.1. The van der Waals surface area contributed by atoms with Crippen LogP contribution in [0, 0.1) is 19.7 Å². The van der Waals surface area contributed by atoms with Gasteiger partial charge >= 0.3 is 0 Å². The normalized spacial score (nSPS) is 17.7. The first-order chi connectivity index (χ1) is 13.8. The Morgan fingerprint density at radius 3 is 2.62 bits per heavy atom. The lowest BCUT2D eigenvalue weighted by atomic mass is 10.0. The second-order valence-corrected chi connectivity index (χ2v) is 7.84. The van der Waals surface area contributed by atoms with E-state index in [0.717, 1.165) is 46.0 Å². The Bertz CT molecular complexity index is 1040. The summed E-state index contributed by atoms with van der Waals surface area (Å²) < 4.78 is 21.9. The van der Waals surface area contributed by atoms with E-state index in [4.69, 9.17) is 9.84 Å². The van der Waals surface area contributed by atoms with Crippen molar-refractivity contribution < 1.29 is 14.2 Å². The van der Waals surface area contributed by atoms with Crippen molar-refractivity contribution in [3.63, 3.8) is 0 Å². The van der Waals surface area contributed by atoms with Crippen molar-refractivity contribution in [3.05, 3.63) is 64.4 Å². The number of aliphatic hydroxyl groups is 1. The van der Waals surface area contributed by atoms with Gasteiger partial charge in [0.25, 0.3) is 0 Å². The molecular weight excluding hydrogens is 369 g/mol. The van der Waals surface area contributed by atoms with Gasteiger partial charge in [0, 0.05) is 34.5 Å². The van der Waals surface area contributed by atoms with Gasteiger partial charge in [-0.3, -0.25) is 4.98 Å². The first-order valence-electron chi connectivity index (χ1n) is 9.99. The molecule has 1 aliphatic heterocycles. The van der Waals surface area contributed by atoms with Gasteiger partial charge in [-0.15, -0.1) is 0 Å². The minimum absolute atomic E-state index is 0.0668. The molecular formula is C23H26FN3O2. The van der Waals surface area contributed by atoms with Crippen LogP contribution < -0.4 is 0 Å². The molecule has 1 N–H and O–H groups in total. The number of halogens is 1. The van der Waals surface area contributed by atoms with Crippen LogP contribution in [0.1, 0.15) is 48.2 Å². The van der Waals surface area contributed by atoms with Crippen LogP contribution in [0.5, 0.6) is 0 Å². The topological polar surface area (TPSA) is 60.2 Å². The molecule has 0 aliphatic carbocycles. The smallest absolute Gasteiger partial charge is 0.129 e. The molecule has 0 spiro atoms. The summed E-state index contributed by atoms with van der Waals surface area (Å²) in [5.74, 6) is -0.417. The standard InChI is InChI=1S/C23H26FN3O2/c1-13-9-17(10-14(2)25-13)23-19-7-8-29-15(3)11-22(19)27(26-23)18-5-6-21(24)20(12-18)16(4)28/h5-6,9-10,12,15-16,28H,7-8,11H2,1-4H3/t15-,16?/m1/s1. The van der Waals surface area contributed by atoms with Crippen LogP contribution >= 0.6 is 0 Å². The quantitative estimate of drug-likeness (QED) is 0.720. The minimum atomic E-state index is -0.892. The van der Waals surface area contributed by atoms with Crippen molar-refractivity contribution in [2.24, 2.45) is 0 Å². The molecule has 1 aromatic carbocycles. The molecule has 3 aromatic rings. The molecule has 0 amide bonds. The summed E-state index contributed by atoms with van der Waals surface area (Å²) in [5.41, 5.74) is 7.05. The van der Waals surface area contributed by atoms with Crippen LogP contribution in [0.4, 0.5) is 4.39 Å². The van der Waals surface area contributed by atoms with Gasteiger partial charge in [0.1, 0.15) is 5.82 Å². The maximum Gasteiger partial charge on any atom is 0.129 e. The van der Waals surface area contributed by atoms with E-state index in [0.29, 0.717) is 13.0 Å². The van der Waals surface area contributed by atoms with Gasteiger partial charge in [0.05, 0.1) is 35.9 Å². The number of fused-ring (bicyclic) bond motifs is 1. The predicted octanol–water partition coefficient (Wildman–Crippen LogP) is 4.25. The van der Waals surface area contributed by atoms with Gasteiger partial charge < -0.3 is 9.84 Å². The van der Waals surface area contributed by atoms with Crippen LogP contribution in [0.2, 0.25) is 0 Å². The molecule has 0 fully saturated rings. The Morgan fingerprint density at radius 1 is 1.21 bits per heavy atom. The highest BCUT2D eigenvalue weighted by Gasteiger charge is 2.25. The number of aromatic nitrogens is 3. The molecule has 152 valence electrons. The minimum Gasteiger partial charge on any atom is -0.389 e. The molecule has 29 heavy (non-hydrogen) atoms. The number of aliphatic hydroxyl groups excluding tert-OH is 1. The van der Waals surface area contributed by atoms with Crippen molar-refractivity contribution >= 4 is 0 Å². The van der Waals surface area contributed by atoms with Gasteiger partial charge in [-0.1, -0.05) is 0 Å². The number of aryl methyl sites for hydroxylation is 2. The fourth-order valence-electron chi connectivity index (χ4n) is 4.05. The van der Waals surface area contributed by atoms with Gasteiger partial charge in [-0.2, -0.15) is 5.10 Å². The number of ether oxygens (including phenoxy) is 1. The zero-order valence-corrected chi connectivity index (χ0v) is 17.2. The van der Waals surface area contributed by atoms with E-state index < -0.39 is 11.9 Å². The van der Waals surface area contributed by atoms with Gasteiger partial charge in [0.15, 0.2) is 0 Å². The summed E-state index contributed by atoms with van der Waals surface area (Å²) >= 11 is 0. The van der Waals surface area contributed by atoms with Crippen LogP contribution in [0.15, 0.2) is 30.3 Å². The van der Waals surface area contributed by atoms with E-state index in [1.54, 1.807) is 19.1 Å². The Hall–Kier alpha value is -2.57. The molecule has 0 saturated heterocycles. The second-order valence-electron chi connectivity index (χ2n) is 7.84. The Morgan fingerprint density at radius 2 is 1.93 bits per heavy atom. The fourth-order valence-corrected chi connectivity index (χ4v) is 4.05. The summed E-state index contributed by atoms with van der Waals surface area (Å²) in [6, 6.07) is 8.86. The van der Waals surface area contributed by atoms with E-state index in [1.807, 2.05) is 30.7 Å². The number of pyridine rings is 1. The summed E-state index contributed by atoms with van der Waals surface area (Å²) in [5, 5.41) is 14.9. The Kier molecular flexibility index (Phi) is 5.23. The largest absolute Gasteiger partial charge is 0.389 e.